The van der Waals surface area contributed by atoms with E-state index in [1.54, 1.807) is 0 Å². The zero-order chi connectivity index (χ0) is 17.5. The molecule has 0 aliphatic heterocycles. The van der Waals surface area contributed by atoms with Gasteiger partial charge in [-0.2, -0.15) is 0 Å². The van der Waals surface area contributed by atoms with Crippen LogP contribution >= 0.6 is 0 Å². The van der Waals surface area contributed by atoms with Gasteiger partial charge in [0.25, 0.3) is 0 Å². The van der Waals surface area contributed by atoms with Crippen molar-refractivity contribution < 1.29 is 4.79 Å². The molecule has 128 valence electrons. The van der Waals surface area contributed by atoms with E-state index < -0.39 is 0 Å². The molecule has 2 aromatic carbocycles. The van der Waals surface area contributed by atoms with Gasteiger partial charge in [-0.3, -0.25) is 4.79 Å². The van der Waals surface area contributed by atoms with Crippen LogP contribution in [0, 0.1) is 0 Å². The average Bonchev–Trinajstić information content (AvgIpc) is 2.60. The molecule has 0 saturated carbocycles. The van der Waals surface area contributed by atoms with E-state index in [-0.39, 0.29) is 11.9 Å². The van der Waals surface area contributed by atoms with Gasteiger partial charge >= 0.3 is 0 Å². The highest BCUT2D eigenvalue weighted by Gasteiger charge is 2.09. The Morgan fingerprint density at radius 2 is 1.50 bits per heavy atom. The fourth-order valence-electron chi connectivity index (χ4n) is 2.56. The number of anilines is 1. The van der Waals surface area contributed by atoms with Crippen LogP contribution in [0.15, 0.2) is 48.5 Å². The van der Waals surface area contributed by atoms with Crippen molar-refractivity contribution in [1.29, 1.82) is 0 Å². The summed E-state index contributed by atoms with van der Waals surface area (Å²) in [4.78, 5) is 12.1. The van der Waals surface area contributed by atoms with Crippen LogP contribution in [0.5, 0.6) is 0 Å². The minimum atomic E-state index is -0.0232. The fraction of sp³-hybridized carbons (Fsp3) is 0.381. The number of benzene rings is 2. The Bertz CT molecular complexity index is 645. The highest BCUT2D eigenvalue weighted by Crippen LogP contribution is 2.18. The Balaban J connectivity index is 1.83. The topological polar surface area (TPSA) is 41.1 Å². The van der Waals surface area contributed by atoms with E-state index in [0.717, 1.165) is 12.1 Å². The summed E-state index contributed by atoms with van der Waals surface area (Å²) in [6.07, 6.45) is 1.00. The maximum atomic E-state index is 12.1. The Hall–Kier alpha value is -2.13. The number of nitrogens with one attached hydrogen (secondary N) is 2. The first-order valence-electron chi connectivity index (χ1n) is 8.71. The number of carbonyl (C=O) groups is 1. The van der Waals surface area contributed by atoms with Crippen molar-refractivity contribution in [2.45, 2.75) is 46.1 Å². The zero-order valence-corrected chi connectivity index (χ0v) is 15.1. The van der Waals surface area contributed by atoms with Gasteiger partial charge in [-0.15, -0.1) is 0 Å². The highest BCUT2D eigenvalue weighted by molar-refractivity contribution is 5.92. The molecule has 1 amide bonds. The molecule has 0 heterocycles. The summed E-state index contributed by atoms with van der Waals surface area (Å²) in [5.41, 5.74) is 4.64. The SMILES string of the molecule is CCc1ccc(NC(=O)CN[C@@H](C)c2ccc(C(C)C)cc2)cc1. The molecule has 0 unspecified atom stereocenters. The molecule has 0 radical (unpaired) electrons. The predicted molar refractivity (Wildman–Crippen MR) is 101 cm³/mol. The van der Waals surface area contributed by atoms with E-state index in [9.17, 15) is 4.79 Å². The van der Waals surface area contributed by atoms with Crippen LogP contribution in [0.1, 0.15) is 56.3 Å². The Morgan fingerprint density at radius 1 is 0.917 bits per heavy atom. The van der Waals surface area contributed by atoms with Gasteiger partial charge in [0.2, 0.25) is 5.91 Å². The number of amides is 1. The first-order chi connectivity index (χ1) is 11.5. The lowest BCUT2D eigenvalue weighted by Gasteiger charge is -2.15. The van der Waals surface area contributed by atoms with Crippen molar-refractivity contribution in [3.63, 3.8) is 0 Å². The van der Waals surface area contributed by atoms with E-state index in [0.29, 0.717) is 12.5 Å². The van der Waals surface area contributed by atoms with Crippen molar-refractivity contribution in [2.24, 2.45) is 0 Å². The molecule has 2 aromatic rings. The molecule has 3 heteroatoms. The molecule has 0 fully saturated rings. The zero-order valence-electron chi connectivity index (χ0n) is 15.1. The molecule has 24 heavy (non-hydrogen) atoms. The van der Waals surface area contributed by atoms with Crippen LogP contribution in [0.3, 0.4) is 0 Å². The number of rotatable bonds is 7. The van der Waals surface area contributed by atoms with Crippen molar-refractivity contribution >= 4 is 11.6 Å². The van der Waals surface area contributed by atoms with Crippen molar-refractivity contribution in [1.82, 2.24) is 5.32 Å². The Labute approximate surface area is 145 Å². The second-order valence-corrected chi connectivity index (χ2v) is 6.52. The van der Waals surface area contributed by atoms with Gasteiger partial charge in [0.1, 0.15) is 0 Å². The maximum absolute atomic E-state index is 12.1. The van der Waals surface area contributed by atoms with Crippen LogP contribution in [-0.4, -0.2) is 12.5 Å². The molecule has 0 aliphatic rings. The molecule has 2 rings (SSSR count). The Morgan fingerprint density at radius 3 is 2.04 bits per heavy atom. The van der Waals surface area contributed by atoms with E-state index in [2.05, 4.69) is 62.6 Å². The first kappa shape index (κ1) is 18.2. The molecular formula is C21H28N2O. The predicted octanol–water partition coefficient (Wildman–Crippen LogP) is 4.66. The normalized spacial score (nSPS) is 12.2. The highest BCUT2D eigenvalue weighted by atomic mass is 16.1. The molecule has 2 N–H and O–H groups in total. The average molecular weight is 324 g/mol. The molecule has 0 spiro atoms. The van der Waals surface area contributed by atoms with Gasteiger partial charge in [0, 0.05) is 11.7 Å². The van der Waals surface area contributed by atoms with Gasteiger partial charge in [0.05, 0.1) is 6.54 Å². The number of aryl methyl sites for hydroxylation is 1. The quantitative estimate of drug-likeness (QED) is 0.777. The van der Waals surface area contributed by atoms with Crippen LogP contribution < -0.4 is 10.6 Å². The third kappa shape index (κ3) is 5.20. The van der Waals surface area contributed by atoms with E-state index in [4.69, 9.17) is 0 Å². The van der Waals surface area contributed by atoms with Gasteiger partial charge in [-0.25, -0.2) is 0 Å². The fourth-order valence-corrected chi connectivity index (χ4v) is 2.56. The van der Waals surface area contributed by atoms with E-state index >= 15 is 0 Å². The second kappa shape index (κ2) is 8.65. The molecule has 0 bridgehead atoms. The molecule has 0 aromatic heterocycles. The molecular weight excluding hydrogens is 296 g/mol. The second-order valence-electron chi connectivity index (χ2n) is 6.52. The molecule has 3 nitrogen and oxygen atoms in total. The van der Waals surface area contributed by atoms with Crippen molar-refractivity contribution in [3.05, 3.63) is 65.2 Å². The summed E-state index contributed by atoms with van der Waals surface area (Å²) >= 11 is 0. The summed E-state index contributed by atoms with van der Waals surface area (Å²) in [6.45, 7) is 8.87. The summed E-state index contributed by atoms with van der Waals surface area (Å²) in [5, 5.41) is 6.20. The van der Waals surface area contributed by atoms with E-state index in [1.807, 2.05) is 24.3 Å². The van der Waals surface area contributed by atoms with Gasteiger partial charge in [0.15, 0.2) is 0 Å². The number of hydrogen-bond acceptors (Lipinski definition) is 2. The van der Waals surface area contributed by atoms with Crippen molar-refractivity contribution in [2.75, 3.05) is 11.9 Å². The van der Waals surface area contributed by atoms with E-state index in [1.165, 1.54) is 16.7 Å². The van der Waals surface area contributed by atoms with Crippen molar-refractivity contribution in [3.8, 4) is 0 Å². The van der Waals surface area contributed by atoms with Crippen LogP contribution in [0.2, 0.25) is 0 Å². The summed E-state index contributed by atoms with van der Waals surface area (Å²) in [5.74, 6) is 0.511. The number of carbonyl (C=O) groups excluding carboxylic acids is 1. The smallest absolute Gasteiger partial charge is 0.238 e. The van der Waals surface area contributed by atoms with Crippen LogP contribution in [0.25, 0.3) is 0 Å². The summed E-state index contributed by atoms with van der Waals surface area (Å²) < 4.78 is 0. The van der Waals surface area contributed by atoms with Gasteiger partial charge < -0.3 is 10.6 Å². The lowest BCUT2D eigenvalue weighted by Crippen LogP contribution is -2.30. The van der Waals surface area contributed by atoms with Crippen LogP contribution in [-0.2, 0) is 11.2 Å². The minimum Gasteiger partial charge on any atom is -0.325 e. The number of hydrogen-bond donors (Lipinski definition) is 2. The summed E-state index contributed by atoms with van der Waals surface area (Å²) in [6, 6.07) is 16.7. The van der Waals surface area contributed by atoms with Crippen LogP contribution in [0.4, 0.5) is 5.69 Å². The van der Waals surface area contributed by atoms with Gasteiger partial charge in [-0.05, 0) is 48.1 Å². The molecule has 1 atom stereocenters. The first-order valence-corrected chi connectivity index (χ1v) is 8.71. The minimum absolute atomic E-state index is 0.0232. The summed E-state index contributed by atoms with van der Waals surface area (Å²) in [7, 11) is 0. The molecule has 0 saturated heterocycles. The Kier molecular flexibility index (Phi) is 6.56. The molecule has 0 aliphatic carbocycles. The standard InChI is InChI=1S/C21H28N2O/c1-5-17-6-12-20(13-7-17)23-21(24)14-22-16(4)19-10-8-18(9-11-19)15(2)3/h6-13,15-16,22H,5,14H2,1-4H3,(H,23,24)/t16-/m0/s1. The lowest BCUT2D eigenvalue weighted by molar-refractivity contribution is -0.115. The largest absolute Gasteiger partial charge is 0.325 e. The van der Waals surface area contributed by atoms with Gasteiger partial charge in [-0.1, -0.05) is 57.2 Å². The maximum Gasteiger partial charge on any atom is 0.238 e. The third-order valence-corrected chi connectivity index (χ3v) is 4.32. The lowest BCUT2D eigenvalue weighted by atomic mass is 9.99. The third-order valence-electron chi connectivity index (χ3n) is 4.32. The monoisotopic (exact) mass is 324 g/mol.